The molecule has 1 saturated heterocycles. The maximum absolute atomic E-state index is 6.41. The van der Waals surface area contributed by atoms with Gasteiger partial charge < -0.3 is 11.1 Å². The summed E-state index contributed by atoms with van der Waals surface area (Å²) < 4.78 is 0. The number of pyridine rings is 1. The molecule has 0 atom stereocenters. The van der Waals surface area contributed by atoms with Gasteiger partial charge in [-0.05, 0) is 122 Å². The minimum atomic E-state index is 0.547. The number of fused-ring (bicyclic) bond motifs is 1. The summed E-state index contributed by atoms with van der Waals surface area (Å²) in [6.07, 6.45) is 14.4. The average molecular weight is 545 g/mol. The van der Waals surface area contributed by atoms with Crippen molar-refractivity contribution in [3.05, 3.63) is 119 Å². The number of rotatable bonds is 10. The van der Waals surface area contributed by atoms with E-state index in [9.17, 15) is 0 Å². The summed E-state index contributed by atoms with van der Waals surface area (Å²) in [4.78, 5) is 7.51. The summed E-state index contributed by atoms with van der Waals surface area (Å²) in [7, 11) is 0. The van der Waals surface area contributed by atoms with Crippen LogP contribution in [0.3, 0.4) is 0 Å². The number of hydrogen-bond acceptors (Lipinski definition) is 4. The van der Waals surface area contributed by atoms with Crippen LogP contribution in [0.4, 0.5) is 11.4 Å². The van der Waals surface area contributed by atoms with Crippen LogP contribution >= 0.6 is 0 Å². The van der Waals surface area contributed by atoms with Crippen molar-refractivity contribution in [2.75, 3.05) is 30.7 Å². The molecule has 5 rings (SSSR count). The fraction of sp³-hybridized carbons (Fsp3) is 0.324. The van der Waals surface area contributed by atoms with E-state index in [0.717, 1.165) is 48.0 Å². The lowest BCUT2D eigenvalue weighted by molar-refractivity contribution is 0.248. The molecule has 0 amide bonds. The lowest BCUT2D eigenvalue weighted by Gasteiger charge is -2.26. The van der Waals surface area contributed by atoms with E-state index in [1.54, 1.807) is 0 Å². The molecular formula is C37H44N4. The van der Waals surface area contributed by atoms with Gasteiger partial charge in [-0.1, -0.05) is 62.1 Å². The van der Waals surface area contributed by atoms with Gasteiger partial charge in [-0.15, -0.1) is 0 Å². The number of anilines is 2. The van der Waals surface area contributed by atoms with Crippen molar-refractivity contribution in [3.63, 3.8) is 0 Å². The Kier molecular flexibility index (Phi) is 9.21. The Bertz CT molecular complexity index is 1490. The summed E-state index contributed by atoms with van der Waals surface area (Å²) in [6, 6.07) is 17.3. The summed E-state index contributed by atoms with van der Waals surface area (Å²) >= 11 is 0. The highest BCUT2D eigenvalue weighted by Gasteiger charge is 2.15. The number of likely N-dealkylation sites (tertiary alicyclic amines) is 1. The van der Waals surface area contributed by atoms with E-state index in [-0.39, 0.29) is 0 Å². The summed E-state index contributed by atoms with van der Waals surface area (Å²) in [5.41, 5.74) is 19.8. The van der Waals surface area contributed by atoms with Gasteiger partial charge in [-0.25, -0.2) is 0 Å². The van der Waals surface area contributed by atoms with Crippen LogP contribution in [0.2, 0.25) is 0 Å². The molecule has 2 heterocycles. The Morgan fingerprint density at radius 3 is 2.61 bits per heavy atom. The summed E-state index contributed by atoms with van der Waals surface area (Å²) in [6.45, 7) is 15.9. The molecule has 2 aliphatic rings. The van der Waals surface area contributed by atoms with Crippen LogP contribution < -0.4 is 11.1 Å². The van der Waals surface area contributed by atoms with Crippen LogP contribution in [0.25, 0.3) is 16.7 Å². The Morgan fingerprint density at radius 2 is 1.83 bits per heavy atom. The van der Waals surface area contributed by atoms with Gasteiger partial charge in [0.05, 0.1) is 17.1 Å². The highest BCUT2D eigenvalue weighted by Crippen LogP contribution is 2.33. The van der Waals surface area contributed by atoms with E-state index >= 15 is 0 Å². The minimum absolute atomic E-state index is 0.547. The van der Waals surface area contributed by atoms with E-state index < -0.39 is 0 Å². The SMILES string of the molecule is C=C/C(=C\C(=C/C)c1ccc(N)c(CC(=C)Nc2cccc(-c3ccc4c(c3)CCC4)c2C)n1)CN1CCCCC1. The molecule has 0 radical (unpaired) electrons. The third-order valence-corrected chi connectivity index (χ3v) is 8.51. The van der Waals surface area contributed by atoms with Gasteiger partial charge in [0.1, 0.15) is 0 Å². The fourth-order valence-corrected chi connectivity index (χ4v) is 6.12. The third-order valence-electron chi connectivity index (χ3n) is 8.51. The highest BCUT2D eigenvalue weighted by atomic mass is 15.1. The van der Waals surface area contributed by atoms with Crippen LogP contribution in [0.1, 0.15) is 60.7 Å². The quantitative estimate of drug-likeness (QED) is 0.252. The zero-order valence-corrected chi connectivity index (χ0v) is 24.8. The van der Waals surface area contributed by atoms with Crippen LogP contribution in [-0.4, -0.2) is 29.5 Å². The van der Waals surface area contributed by atoms with Crippen molar-refractivity contribution in [1.82, 2.24) is 9.88 Å². The second-order valence-electron chi connectivity index (χ2n) is 11.5. The number of nitrogens with zero attached hydrogens (tertiary/aromatic N) is 2. The van der Waals surface area contributed by atoms with Crippen LogP contribution in [0.15, 0.2) is 91.2 Å². The number of nitrogens with two attached hydrogens (primary N) is 1. The number of benzene rings is 2. The summed E-state index contributed by atoms with van der Waals surface area (Å²) in [5, 5.41) is 3.56. The number of piperidine rings is 1. The predicted molar refractivity (Wildman–Crippen MR) is 176 cm³/mol. The lowest BCUT2D eigenvalue weighted by Crippen LogP contribution is -2.31. The van der Waals surface area contributed by atoms with Gasteiger partial charge in [-0.2, -0.15) is 0 Å². The minimum Gasteiger partial charge on any atom is -0.397 e. The molecule has 1 aliphatic heterocycles. The first-order valence-electron chi connectivity index (χ1n) is 15.1. The molecule has 1 aliphatic carbocycles. The smallest absolute Gasteiger partial charge is 0.0703 e. The monoisotopic (exact) mass is 544 g/mol. The maximum atomic E-state index is 6.41. The molecule has 0 unspecified atom stereocenters. The fourth-order valence-electron chi connectivity index (χ4n) is 6.12. The Hall–Kier alpha value is -3.89. The maximum Gasteiger partial charge on any atom is 0.0703 e. The molecule has 2 aromatic carbocycles. The molecule has 0 spiro atoms. The molecular weight excluding hydrogens is 500 g/mol. The Balaban J connectivity index is 1.31. The van der Waals surface area contributed by atoms with E-state index in [1.807, 2.05) is 18.2 Å². The van der Waals surface area contributed by atoms with E-state index in [2.05, 4.69) is 85.8 Å². The van der Waals surface area contributed by atoms with Gasteiger partial charge in [0, 0.05) is 24.4 Å². The number of aromatic nitrogens is 1. The molecule has 1 fully saturated rings. The van der Waals surface area contributed by atoms with Crippen molar-refractivity contribution in [1.29, 1.82) is 0 Å². The number of hydrogen-bond donors (Lipinski definition) is 2. The standard InChI is InChI=1S/C37H44N4/c1-5-28(25-41-20-8-7-9-21-41)23-29(6-2)36-19-18-34(38)37(40-36)22-26(3)39-35-15-11-14-33(27(35)4)32-17-16-30-12-10-13-31(30)24-32/h5-6,11,14-19,23-24,39H,1,3,7-10,12-13,20-22,25,38H2,2,4H3/b28-23+,29-6+. The zero-order chi connectivity index (χ0) is 28.8. The molecule has 3 aromatic rings. The van der Waals surface area contributed by atoms with Gasteiger partial charge >= 0.3 is 0 Å². The molecule has 0 saturated carbocycles. The lowest BCUT2D eigenvalue weighted by atomic mass is 9.96. The first kappa shape index (κ1) is 28.6. The molecule has 4 nitrogen and oxygen atoms in total. The largest absolute Gasteiger partial charge is 0.397 e. The van der Waals surface area contributed by atoms with Crippen molar-refractivity contribution in [3.8, 4) is 11.1 Å². The van der Waals surface area contributed by atoms with Crippen LogP contribution in [0.5, 0.6) is 0 Å². The normalized spacial score (nSPS) is 16.0. The molecule has 41 heavy (non-hydrogen) atoms. The molecule has 212 valence electrons. The van der Waals surface area contributed by atoms with Gasteiger partial charge in [0.25, 0.3) is 0 Å². The van der Waals surface area contributed by atoms with E-state index in [1.165, 1.54) is 71.9 Å². The van der Waals surface area contributed by atoms with Crippen LogP contribution in [0, 0.1) is 6.92 Å². The zero-order valence-electron chi connectivity index (χ0n) is 24.8. The van der Waals surface area contributed by atoms with E-state index in [0.29, 0.717) is 12.1 Å². The van der Waals surface area contributed by atoms with Crippen LogP contribution in [-0.2, 0) is 19.3 Å². The number of allylic oxidation sites excluding steroid dienone is 4. The van der Waals surface area contributed by atoms with Crippen molar-refractivity contribution in [2.45, 2.75) is 58.8 Å². The van der Waals surface area contributed by atoms with Crippen molar-refractivity contribution >= 4 is 16.9 Å². The Labute approximate surface area is 246 Å². The van der Waals surface area contributed by atoms with Crippen molar-refractivity contribution in [2.24, 2.45) is 0 Å². The second kappa shape index (κ2) is 13.2. The predicted octanol–water partition coefficient (Wildman–Crippen LogP) is 8.30. The van der Waals surface area contributed by atoms with Crippen molar-refractivity contribution < 1.29 is 0 Å². The van der Waals surface area contributed by atoms with Gasteiger partial charge in [0.15, 0.2) is 0 Å². The Morgan fingerprint density at radius 1 is 1.02 bits per heavy atom. The average Bonchev–Trinajstić information content (AvgIpc) is 3.46. The molecule has 1 aromatic heterocycles. The van der Waals surface area contributed by atoms with Gasteiger partial charge in [-0.3, -0.25) is 9.88 Å². The third kappa shape index (κ3) is 6.89. The second-order valence-corrected chi connectivity index (χ2v) is 11.5. The molecule has 3 N–H and O–H groups in total. The summed E-state index contributed by atoms with van der Waals surface area (Å²) in [5.74, 6) is 0. The first-order valence-corrected chi connectivity index (χ1v) is 15.1. The topological polar surface area (TPSA) is 54.2 Å². The first-order chi connectivity index (χ1) is 19.9. The molecule has 4 heteroatoms. The molecule has 0 bridgehead atoms. The van der Waals surface area contributed by atoms with Gasteiger partial charge in [0.2, 0.25) is 0 Å². The highest BCUT2D eigenvalue weighted by molar-refractivity contribution is 5.76. The number of nitrogens with one attached hydrogen (secondary N) is 1. The van der Waals surface area contributed by atoms with E-state index in [4.69, 9.17) is 10.7 Å². The number of aryl methyl sites for hydroxylation is 2. The number of nitrogen functional groups attached to an aromatic ring is 1.